The van der Waals surface area contributed by atoms with Crippen LogP contribution in [0.1, 0.15) is 35.9 Å². The van der Waals surface area contributed by atoms with Gasteiger partial charge in [0.25, 0.3) is 0 Å². The minimum Gasteiger partial charge on any atom is -0.476 e. The van der Waals surface area contributed by atoms with Gasteiger partial charge < -0.3 is 5.11 Å². The molecule has 0 amide bonds. The molecule has 88 valence electrons. The summed E-state index contributed by atoms with van der Waals surface area (Å²) in [6, 6.07) is 1.68. The molecule has 1 fully saturated rings. The average molecular weight is 223 g/mol. The van der Waals surface area contributed by atoms with Gasteiger partial charge in [-0.05, 0) is 39.4 Å². The topological polar surface area (TPSA) is 58.4 Å². The number of aryl methyl sites for hydroxylation is 1. The fourth-order valence-corrected chi connectivity index (χ4v) is 2.50. The first-order valence-electron chi connectivity index (χ1n) is 5.44. The van der Waals surface area contributed by atoms with E-state index < -0.39 is 5.97 Å². The number of hydrogen-bond donors (Lipinski definition) is 1. The third-order valence-electron chi connectivity index (χ3n) is 3.65. The number of likely N-dealkylation sites (tertiary alicyclic amines) is 1. The summed E-state index contributed by atoms with van der Waals surface area (Å²) in [5, 5.41) is 13.0. The van der Waals surface area contributed by atoms with Crippen LogP contribution in [-0.2, 0) is 12.6 Å². The van der Waals surface area contributed by atoms with Crippen molar-refractivity contribution in [2.75, 3.05) is 13.6 Å². The third kappa shape index (κ3) is 1.51. The second kappa shape index (κ2) is 3.59. The van der Waals surface area contributed by atoms with E-state index in [2.05, 4.69) is 24.0 Å². The Balaban J connectivity index is 2.43. The molecule has 1 atom stereocenters. The summed E-state index contributed by atoms with van der Waals surface area (Å²) in [6.45, 7) is 3.19. The first-order valence-corrected chi connectivity index (χ1v) is 5.44. The van der Waals surface area contributed by atoms with Crippen LogP contribution in [0, 0.1) is 0 Å². The Labute approximate surface area is 94.7 Å². The Hall–Kier alpha value is -1.36. The smallest absolute Gasteiger partial charge is 0.356 e. The van der Waals surface area contributed by atoms with Crippen molar-refractivity contribution >= 4 is 5.97 Å². The molecule has 0 saturated carbocycles. The van der Waals surface area contributed by atoms with Crippen LogP contribution in [-0.4, -0.2) is 39.3 Å². The lowest BCUT2D eigenvalue weighted by Crippen LogP contribution is -2.37. The van der Waals surface area contributed by atoms with Crippen LogP contribution in [0.4, 0.5) is 0 Å². The van der Waals surface area contributed by atoms with E-state index in [1.807, 2.05) is 0 Å². The van der Waals surface area contributed by atoms with Gasteiger partial charge in [0.2, 0.25) is 0 Å². The highest BCUT2D eigenvalue weighted by Gasteiger charge is 2.38. The number of carbonyl (C=O) groups is 1. The van der Waals surface area contributed by atoms with Crippen LogP contribution in [0.2, 0.25) is 0 Å². The van der Waals surface area contributed by atoms with Crippen LogP contribution in [0.3, 0.4) is 0 Å². The standard InChI is InChI=1S/C11H17N3O2/c1-11(5-4-6-13(11)2)9-7-8(10(15)16)12-14(9)3/h7H,4-6H2,1-3H3,(H,15,16). The fourth-order valence-electron chi connectivity index (χ4n) is 2.50. The van der Waals surface area contributed by atoms with E-state index in [0.29, 0.717) is 0 Å². The Bertz CT molecular complexity index is 427. The molecule has 16 heavy (non-hydrogen) atoms. The number of rotatable bonds is 2. The van der Waals surface area contributed by atoms with Crippen molar-refractivity contribution in [2.24, 2.45) is 7.05 Å². The van der Waals surface area contributed by atoms with Crippen molar-refractivity contribution in [1.29, 1.82) is 0 Å². The molecular weight excluding hydrogens is 206 g/mol. The minimum absolute atomic E-state index is 0.0878. The second-order valence-electron chi connectivity index (χ2n) is 4.64. The number of carboxylic acids is 1. The number of nitrogens with zero attached hydrogens (tertiary/aromatic N) is 3. The van der Waals surface area contributed by atoms with Crippen LogP contribution in [0.15, 0.2) is 6.07 Å². The van der Waals surface area contributed by atoms with Crippen molar-refractivity contribution < 1.29 is 9.90 Å². The number of aromatic nitrogens is 2. The van der Waals surface area contributed by atoms with Gasteiger partial charge >= 0.3 is 5.97 Å². The van der Waals surface area contributed by atoms with Gasteiger partial charge in [-0.2, -0.15) is 5.10 Å². The van der Waals surface area contributed by atoms with E-state index in [9.17, 15) is 4.79 Å². The highest BCUT2D eigenvalue weighted by atomic mass is 16.4. The lowest BCUT2D eigenvalue weighted by molar-refractivity contribution is 0.0689. The molecule has 5 heteroatoms. The van der Waals surface area contributed by atoms with Gasteiger partial charge in [-0.1, -0.05) is 0 Å². The third-order valence-corrected chi connectivity index (χ3v) is 3.65. The molecule has 0 aromatic carbocycles. The molecular formula is C11H17N3O2. The first kappa shape index (κ1) is 11.1. The van der Waals surface area contributed by atoms with Crippen molar-refractivity contribution in [2.45, 2.75) is 25.3 Å². The molecule has 0 spiro atoms. The summed E-state index contributed by atoms with van der Waals surface area (Å²) in [5.74, 6) is -0.967. The van der Waals surface area contributed by atoms with E-state index in [-0.39, 0.29) is 11.2 Å². The summed E-state index contributed by atoms with van der Waals surface area (Å²) in [4.78, 5) is 13.1. The molecule has 0 radical (unpaired) electrons. The second-order valence-corrected chi connectivity index (χ2v) is 4.64. The maximum atomic E-state index is 10.9. The van der Waals surface area contributed by atoms with E-state index in [1.165, 1.54) is 0 Å². The molecule has 2 heterocycles. The van der Waals surface area contributed by atoms with Crippen LogP contribution >= 0.6 is 0 Å². The molecule has 1 N–H and O–H groups in total. The lowest BCUT2D eigenvalue weighted by atomic mass is 9.94. The van der Waals surface area contributed by atoms with Crippen molar-refractivity contribution in [3.63, 3.8) is 0 Å². The normalized spacial score (nSPS) is 26.2. The molecule has 1 aromatic rings. The molecule has 1 aliphatic rings. The summed E-state index contributed by atoms with van der Waals surface area (Å²) < 4.78 is 1.69. The molecule has 1 saturated heterocycles. The highest BCUT2D eigenvalue weighted by Crippen LogP contribution is 2.37. The SMILES string of the molecule is CN1CCCC1(C)c1cc(C(=O)O)nn1C. The minimum atomic E-state index is -0.967. The predicted octanol–water partition coefficient (Wildman–Crippen LogP) is 1.06. The summed E-state index contributed by atoms with van der Waals surface area (Å²) in [6.07, 6.45) is 2.18. The summed E-state index contributed by atoms with van der Waals surface area (Å²) in [5.41, 5.74) is 1.01. The van der Waals surface area contributed by atoms with Crippen molar-refractivity contribution in [1.82, 2.24) is 14.7 Å². The molecule has 2 rings (SSSR count). The van der Waals surface area contributed by atoms with Crippen molar-refractivity contribution in [3.8, 4) is 0 Å². The lowest BCUT2D eigenvalue weighted by Gasteiger charge is -2.32. The maximum Gasteiger partial charge on any atom is 0.356 e. The zero-order chi connectivity index (χ0) is 11.9. The fraction of sp³-hybridized carbons (Fsp3) is 0.636. The van der Waals surface area contributed by atoms with E-state index in [0.717, 1.165) is 25.1 Å². The van der Waals surface area contributed by atoms with Gasteiger partial charge in [0.15, 0.2) is 5.69 Å². The largest absolute Gasteiger partial charge is 0.476 e. The van der Waals surface area contributed by atoms with E-state index in [4.69, 9.17) is 5.11 Å². The first-order chi connectivity index (χ1) is 7.45. The Kier molecular flexibility index (Phi) is 2.50. The zero-order valence-electron chi connectivity index (χ0n) is 9.90. The Morgan fingerprint density at radius 3 is 2.69 bits per heavy atom. The van der Waals surface area contributed by atoms with Gasteiger partial charge in [0.05, 0.1) is 11.2 Å². The average Bonchev–Trinajstić information content (AvgIpc) is 2.73. The van der Waals surface area contributed by atoms with E-state index in [1.54, 1.807) is 17.8 Å². The summed E-state index contributed by atoms with van der Waals surface area (Å²) >= 11 is 0. The van der Waals surface area contributed by atoms with Crippen LogP contribution in [0.5, 0.6) is 0 Å². The van der Waals surface area contributed by atoms with Gasteiger partial charge in [-0.15, -0.1) is 0 Å². The van der Waals surface area contributed by atoms with Crippen LogP contribution in [0.25, 0.3) is 0 Å². The highest BCUT2D eigenvalue weighted by molar-refractivity contribution is 5.85. The predicted molar refractivity (Wildman–Crippen MR) is 59.4 cm³/mol. The molecule has 1 unspecified atom stereocenters. The Morgan fingerprint density at radius 1 is 1.56 bits per heavy atom. The van der Waals surface area contributed by atoms with Gasteiger partial charge in [0, 0.05) is 7.05 Å². The van der Waals surface area contributed by atoms with Gasteiger partial charge in [0.1, 0.15) is 0 Å². The molecule has 1 aromatic heterocycles. The quantitative estimate of drug-likeness (QED) is 0.814. The maximum absolute atomic E-state index is 10.9. The summed E-state index contributed by atoms with van der Waals surface area (Å²) in [7, 11) is 3.87. The molecule has 1 aliphatic heterocycles. The van der Waals surface area contributed by atoms with Gasteiger partial charge in [-0.25, -0.2) is 4.79 Å². The monoisotopic (exact) mass is 223 g/mol. The van der Waals surface area contributed by atoms with Crippen LogP contribution < -0.4 is 0 Å². The van der Waals surface area contributed by atoms with E-state index >= 15 is 0 Å². The van der Waals surface area contributed by atoms with Gasteiger partial charge in [-0.3, -0.25) is 9.58 Å². The number of aromatic carboxylic acids is 1. The number of hydrogen-bond acceptors (Lipinski definition) is 3. The molecule has 5 nitrogen and oxygen atoms in total. The zero-order valence-corrected chi connectivity index (χ0v) is 9.90. The molecule has 0 bridgehead atoms. The number of carboxylic acid groups (broad SMARTS) is 1. The molecule has 0 aliphatic carbocycles. The van der Waals surface area contributed by atoms with Crippen molar-refractivity contribution in [3.05, 3.63) is 17.5 Å². The Morgan fingerprint density at radius 2 is 2.25 bits per heavy atom.